The largest absolute Gasteiger partial charge is 0.469 e. The number of halogens is 2. The van der Waals surface area contributed by atoms with E-state index in [1.165, 1.54) is 29.7 Å². The number of nitrogens with one attached hydrogen (secondary N) is 4. The van der Waals surface area contributed by atoms with Crippen LogP contribution in [0, 0.1) is 24.5 Å². The lowest BCUT2D eigenvalue weighted by molar-refractivity contribution is -0.163. The Morgan fingerprint density at radius 2 is 1.63 bits per heavy atom. The molecule has 21 nitrogen and oxygen atoms in total. The van der Waals surface area contributed by atoms with E-state index >= 15 is 0 Å². The van der Waals surface area contributed by atoms with Crippen molar-refractivity contribution in [1.82, 2.24) is 35.8 Å². The van der Waals surface area contributed by atoms with Crippen LogP contribution in [0.15, 0.2) is 28.8 Å². The average Bonchev–Trinajstić information content (AvgIpc) is 3.91. The lowest BCUT2D eigenvalue weighted by Gasteiger charge is -2.39. The SMILES string of the molecule is Cc1cc(NC(=O)N[C@@H](Cc2cc(F)cc(F)c2)C(=O)N[C@@H]2C(=O)N3C[C@H](OP(=O)(O)O)C[C@H]3C(=O)N3CCCC[C@H]3C(=O)N[C@@H](C)C(=O)N3C[C@H](C)C[C@H]3C(=O)O[C@H]2C)no1. The Balaban J connectivity index is 1.39. The summed E-state index contributed by atoms with van der Waals surface area (Å²) >= 11 is 0. The molecular formula is C38H49F2N8O13P. The zero-order chi connectivity index (χ0) is 45.2. The van der Waals surface area contributed by atoms with Crippen LogP contribution in [0.3, 0.4) is 0 Å². The van der Waals surface area contributed by atoms with Gasteiger partial charge in [0, 0.05) is 44.6 Å². The monoisotopic (exact) mass is 894 g/mol. The third-order valence-corrected chi connectivity index (χ3v) is 11.8. The van der Waals surface area contributed by atoms with Crippen molar-refractivity contribution in [3.05, 3.63) is 47.2 Å². The van der Waals surface area contributed by atoms with Crippen LogP contribution in [0.25, 0.3) is 0 Å². The number of piperidine rings is 1. The minimum Gasteiger partial charge on any atom is -0.458 e. The zero-order valence-corrected chi connectivity index (χ0v) is 35.1. The second-order valence-electron chi connectivity index (χ2n) is 16.2. The minimum atomic E-state index is -5.21. The van der Waals surface area contributed by atoms with Crippen LogP contribution in [-0.4, -0.2) is 139 Å². The number of ether oxygens (including phenoxy) is 1. The summed E-state index contributed by atoms with van der Waals surface area (Å²) in [6.45, 7) is 5.58. The molecule has 6 N–H and O–H groups in total. The van der Waals surface area contributed by atoms with E-state index in [1.807, 2.05) is 0 Å². The van der Waals surface area contributed by atoms with E-state index in [-0.39, 0.29) is 43.2 Å². The van der Waals surface area contributed by atoms with Crippen LogP contribution < -0.4 is 21.3 Å². The predicted octanol–water partition coefficient (Wildman–Crippen LogP) is 0.626. The third kappa shape index (κ3) is 10.9. The number of rotatable bonds is 8. The summed E-state index contributed by atoms with van der Waals surface area (Å²) in [6.07, 6.45) is -2.75. The summed E-state index contributed by atoms with van der Waals surface area (Å²) in [7, 11) is -5.21. The summed E-state index contributed by atoms with van der Waals surface area (Å²) in [5, 5.41) is 13.5. The van der Waals surface area contributed by atoms with Gasteiger partial charge in [0.25, 0.3) is 0 Å². The number of nitrogens with zero attached hydrogens (tertiary/aromatic N) is 4. The number of hydrogen-bond acceptors (Lipinski definition) is 12. The second-order valence-corrected chi connectivity index (χ2v) is 17.4. The Morgan fingerprint density at radius 3 is 2.29 bits per heavy atom. The van der Waals surface area contributed by atoms with Gasteiger partial charge in [-0.15, -0.1) is 0 Å². The van der Waals surface area contributed by atoms with E-state index in [0.29, 0.717) is 24.7 Å². The second kappa shape index (κ2) is 18.9. The molecular weight excluding hydrogens is 845 g/mol. The Labute approximate surface area is 353 Å². The molecule has 6 rings (SSSR count). The number of anilines is 1. The fraction of sp³-hybridized carbons (Fsp3) is 0.579. The Hall–Kier alpha value is -5.51. The summed E-state index contributed by atoms with van der Waals surface area (Å²) in [5.74, 6) is -7.23. The standard InChI is InChI=1S/C38H49F2N8O13P/c1-18-9-29-37(54)59-21(4)31(44-32(49)26(13-22-11-23(39)14-24(40)12-22)42-38(55)43-30-10-19(2)60-45-30)36(53)48-17-25(61-62(56,57)58)15-28(48)35(52)46-8-6-5-7-27(46)33(50)41-20(3)34(51)47(29)16-18/h10-12,14,18,20-21,25-29,31H,5-9,13,15-17H2,1-4H3,(H,41,50)(H,44,49)(H2,56,57,58)(H2,42,43,45,55)/t18-,20+,21+,25-,26+,27+,28+,29+,31+/m1/s1. The molecule has 4 saturated heterocycles. The number of phosphoric ester groups is 1. The number of phosphoric acid groups is 1. The molecule has 0 spiro atoms. The van der Waals surface area contributed by atoms with Gasteiger partial charge in [-0.25, -0.2) is 22.9 Å². The van der Waals surface area contributed by atoms with Crippen LogP contribution in [0.5, 0.6) is 0 Å². The molecule has 338 valence electrons. The third-order valence-electron chi connectivity index (χ3n) is 11.2. The Morgan fingerprint density at radius 1 is 0.935 bits per heavy atom. The maximum atomic E-state index is 14.9. The molecule has 1 aromatic heterocycles. The topological polar surface area (TPSA) is 279 Å². The van der Waals surface area contributed by atoms with Gasteiger partial charge in [-0.3, -0.25) is 33.8 Å². The molecule has 0 saturated carbocycles. The van der Waals surface area contributed by atoms with Crippen molar-refractivity contribution < 1.29 is 70.5 Å². The molecule has 0 bridgehead atoms. The quantitative estimate of drug-likeness (QED) is 0.157. The fourth-order valence-electron chi connectivity index (χ4n) is 8.39. The summed E-state index contributed by atoms with van der Waals surface area (Å²) in [4.78, 5) is 121. The number of amides is 7. The maximum absolute atomic E-state index is 14.9. The number of aromatic nitrogens is 1. The first kappa shape index (κ1) is 46.0. The van der Waals surface area contributed by atoms with Crippen molar-refractivity contribution in [3.8, 4) is 0 Å². The molecule has 0 aliphatic carbocycles. The van der Waals surface area contributed by atoms with E-state index < -0.39 is 129 Å². The molecule has 4 fully saturated rings. The van der Waals surface area contributed by atoms with Crippen LogP contribution >= 0.6 is 7.82 Å². The summed E-state index contributed by atoms with van der Waals surface area (Å²) < 4.78 is 56.4. The number of hydrogen-bond donors (Lipinski definition) is 6. The van der Waals surface area contributed by atoms with Gasteiger partial charge < -0.3 is 49.7 Å². The van der Waals surface area contributed by atoms with Gasteiger partial charge in [-0.05, 0) is 70.1 Å². The molecule has 4 aliphatic heterocycles. The molecule has 9 atom stereocenters. The number of esters is 1. The van der Waals surface area contributed by atoms with E-state index in [1.54, 1.807) is 13.8 Å². The van der Waals surface area contributed by atoms with Gasteiger partial charge >= 0.3 is 19.8 Å². The van der Waals surface area contributed by atoms with Crippen LogP contribution in [-0.2, 0) is 49.0 Å². The first-order valence-corrected chi connectivity index (χ1v) is 21.6. The van der Waals surface area contributed by atoms with Crippen LogP contribution in [0.1, 0.15) is 64.2 Å². The van der Waals surface area contributed by atoms with Gasteiger partial charge in [-0.1, -0.05) is 12.1 Å². The summed E-state index contributed by atoms with van der Waals surface area (Å²) in [5.41, 5.74) is -0.0962. The predicted molar refractivity (Wildman–Crippen MR) is 208 cm³/mol. The molecule has 2 aromatic rings. The highest BCUT2D eigenvalue weighted by molar-refractivity contribution is 7.46. The Bertz CT molecular complexity index is 2120. The lowest BCUT2D eigenvalue weighted by Crippen LogP contribution is -2.63. The van der Waals surface area contributed by atoms with Crippen molar-refractivity contribution in [3.63, 3.8) is 0 Å². The molecule has 7 amide bonds. The van der Waals surface area contributed by atoms with Gasteiger partial charge in [0.15, 0.2) is 5.82 Å². The van der Waals surface area contributed by atoms with E-state index in [0.717, 1.165) is 17.0 Å². The first-order chi connectivity index (χ1) is 29.2. The molecule has 24 heteroatoms. The first-order valence-electron chi connectivity index (χ1n) is 20.1. The van der Waals surface area contributed by atoms with Crippen LogP contribution in [0.2, 0.25) is 0 Å². The van der Waals surface area contributed by atoms with Crippen molar-refractivity contribution in [2.24, 2.45) is 5.92 Å². The van der Waals surface area contributed by atoms with Gasteiger partial charge in [0.05, 0.1) is 6.10 Å². The smallest absolute Gasteiger partial charge is 0.458 e. The number of benzene rings is 1. The maximum Gasteiger partial charge on any atom is 0.469 e. The number of aryl methyl sites for hydroxylation is 1. The highest BCUT2D eigenvalue weighted by Gasteiger charge is 2.50. The van der Waals surface area contributed by atoms with Gasteiger partial charge in [0.1, 0.15) is 59.7 Å². The Kier molecular flexibility index (Phi) is 14.0. The highest BCUT2D eigenvalue weighted by atomic mass is 31.2. The normalized spacial score (nSPS) is 28.1. The average molecular weight is 895 g/mol. The van der Waals surface area contributed by atoms with Crippen molar-refractivity contribution >= 4 is 55.2 Å². The van der Waals surface area contributed by atoms with E-state index in [4.69, 9.17) is 13.8 Å². The van der Waals surface area contributed by atoms with Gasteiger partial charge in [0.2, 0.25) is 29.5 Å². The molecule has 0 radical (unpaired) electrons. The number of carbonyl (C=O) groups is 7. The number of cyclic esters (lactones) is 1. The number of fused-ring (bicyclic) bond motifs is 3. The van der Waals surface area contributed by atoms with E-state index in [2.05, 4.69) is 26.4 Å². The molecule has 1 aromatic carbocycles. The van der Waals surface area contributed by atoms with Gasteiger partial charge in [-0.2, -0.15) is 0 Å². The number of carbonyl (C=O) groups excluding carboxylic acids is 7. The molecule has 0 unspecified atom stereocenters. The lowest BCUT2D eigenvalue weighted by atomic mass is 9.98. The minimum absolute atomic E-state index is 0.0473. The van der Waals surface area contributed by atoms with Crippen molar-refractivity contribution in [2.75, 3.05) is 25.0 Å². The molecule has 62 heavy (non-hydrogen) atoms. The number of urea groups is 1. The van der Waals surface area contributed by atoms with Crippen molar-refractivity contribution in [2.45, 2.75) is 115 Å². The zero-order valence-electron chi connectivity index (χ0n) is 34.2. The molecule has 5 heterocycles. The van der Waals surface area contributed by atoms with Crippen LogP contribution in [0.4, 0.5) is 19.4 Å². The fourth-order valence-corrected chi connectivity index (χ4v) is 8.93. The highest BCUT2D eigenvalue weighted by Crippen LogP contribution is 2.41. The molecule has 4 aliphatic rings. The summed E-state index contributed by atoms with van der Waals surface area (Å²) in [6, 6.07) is -5.85. The van der Waals surface area contributed by atoms with E-state index in [9.17, 15) is 56.7 Å². The van der Waals surface area contributed by atoms with Crippen molar-refractivity contribution in [1.29, 1.82) is 0 Å².